The van der Waals surface area contributed by atoms with Gasteiger partial charge in [-0.3, -0.25) is 0 Å². The minimum atomic E-state index is 0.231. The number of hydrogen-bond acceptors (Lipinski definition) is 3. The Morgan fingerprint density at radius 1 is 1.62 bits per heavy atom. The summed E-state index contributed by atoms with van der Waals surface area (Å²) in [6, 6.07) is 0. The van der Waals surface area contributed by atoms with E-state index < -0.39 is 0 Å². The fraction of sp³-hybridized carbons (Fsp3) is 1.00. The number of nitrogens with zero attached hydrogens (tertiary/aromatic N) is 2. The zero-order chi connectivity index (χ0) is 5.98. The van der Waals surface area contributed by atoms with Crippen LogP contribution in [0, 0.1) is 5.92 Å². The lowest BCUT2D eigenvalue weighted by molar-refractivity contribution is 0.0583. The van der Waals surface area contributed by atoms with Crippen molar-refractivity contribution in [1.82, 2.24) is 0 Å². The molecule has 0 saturated carbocycles. The van der Waals surface area contributed by atoms with Crippen molar-refractivity contribution in [2.24, 2.45) is 16.3 Å². The lowest BCUT2D eigenvalue weighted by Gasteiger charge is -2.08. The van der Waals surface area contributed by atoms with Crippen LogP contribution in [0.2, 0.25) is 0 Å². The van der Waals surface area contributed by atoms with Crippen LogP contribution in [0.15, 0.2) is 10.4 Å². The van der Waals surface area contributed by atoms with Crippen molar-refractivity contribution in [3.63, 3.8) is 0 Å². The Kier molecular flexibility index (Phi) is 1.46. The van der Waals surface area contributed by atoms with E-state index in [1.807, 2.05) is 0 Å². The molecule has 0 aromatic carbocycles. The molecular formula is C5H10N2O. The molecule has 0 aromatic heterocycles. The zero-order valence-electron chi connectivity index (χ0n) is 5.16. The van der Waals surface area contributed by atoms with Gasteiger partial charge in [0.15, 0.2) is 6.10 Å². The van der Waals surface area contributed by atoms with Crippen LogP contribution >= 0.6 is 0 Å². The molecule has 1 atom stereocenters. The van der Waals surface area contributed by atoms with Gasteiger partial charge >= 0.3 is 0 Å². The second-order valence-electron chi connectivity index (χ2n) is 2.29. The Balaban J connectivity index is 2.29. The summed E-state index contributed by atoms with van der Waals surface area (Å²) in [5.41, 5.74) is 0. The van der Waals surface area contributed by atoms with E-state index in [4.69, 9.17) is 4.84 Å². The van der Waals surface area contributed by atoms with Crippen LogP contribution in [0.25, 0.3) is 0 Å². The first kappa shape index (κ1) is 5.54. The van der Waals surface area contributed by atoms with E-state index in [9.17, 15) is 0 Å². The van der Waals surface area contributed by atoms with Gasteiger partial charge in [0.05, 0.1) is 0 Å². The molecule has 1 rings (SSSR count). The molecule has 1 unspecified atom stereocenters. The molecule has 0 spiro atoms. The van der Waals surface area contributed by atoms with Crippen LogP contribution in [0.5, 0.6) is 0 Å². The maximum atomic E-state index is 4.87. The number of hydrogen-bond donors (Lipinski definition) is 0. The van der Waals surface area contributed by atoms with Gasteiger partial charge in [-0.2, -0.15) is 0 Å². The molecule has 0 fully saturated rings. The molecule has 0 bridgehead atoms. The van der Waals surface area contributed by atoms with E-state index in [-0.39, 0.29) is 6.10 Å². The van der Waals surface area contributed by atoms with Gasteiger partial charge < -0.3 is 4.84 Å². The van der Waals surface area contributed by atoms with Crippen molar-refractivity contribution in [3.8, 4) is 0 Å². The molecule has 0 aromatic rings. The average Bonchev–Trinajstić information content (AvgIpc) is 2.12. The predicted molar refractivity (Wildman–Crippen MR) is 29.4 cm³/mol. The molecule has 46 valence electrons. The SMILES string of the molecule is CC(C)C1CN=NO1. The first-order valence-corrected chi connectivity index (χ1v) is 2.83. The highest BCUT2D eigenvalue weighted by atomic mass is 16.7. The van der Waals surface area contributed by atoms with Crippen LogP contribution in [-0.2, 0) is 4.84 Å². The summed E-state index contributed by atoms with van der Waals surface area (Å²) in [6.07, 6.45) is 0.231. The molecule has 1 heterocycles. The van der Waals surface area contributed by atoms with E-state index >= 15 is 0 Å². The summed E-state index contributed by atoms with van der Waals surface area (Å²) < 4.78 is 0. The largest absolute Gasteiger partial charge is 0.374 e. The summed E-state index contributed by atoms with van der Waals surface area (Å²) in [5, 5.41) is 7.10. The fourth-order valence-corrected chi connectivity index (χ4v) is 0.574. The molecular weight excluding hydrogens is 104 g/mol. The Labute approximate surface area is 48.7 Å². The van der Waals surface area contributed by atoms with Crippen LogP contribution in [0.1, 0.15) is 13.8 Å². The van der Waals surface area contributed by atoms with Crippen molar-refractivity contribution in [2.45, 2.75) is 20.0 Å². The Bertz CT molecular complexity index is 92.6. The second-order valence-corrected chi connectivity index (χ2v) is 2.29. The maximum absolute atomic E-state index is 4.87. The third-order valence-electron chi connectivity index (χ3n) is 1.25. The lowest BCUT2D eigenvalue weighted by atomic mass is 10.1. The Morgan fingerprint density at radius 3 is 2.62 bits per heavy atom. The zero-order valence-corrected chi connectivity index (χ0v) is 5.16. The highest BCUT2D eigenvalue weighted by molar-refractivity contribution is 4.65. The van der Waals surface area contributed by atoms with E-state index in [0.717, 1.165) is 6.54 Å². The van der Waals surface area contributed by atoms with Crippen molar-refractivity contribution >= 4 is 0 Å². The van der Waals surface area contributed by atoms with Crippen LogP contribution in [0.3, 0.4) is 0 Å². The highest BCUT2D eigenvalue weighted by Crippen LogP contribution is 2.12. The first-order valence-electron chi connectivity index (χ1n) is 2.83. The summed E-state index contributed by atoms with van der Waals surface area (Å²) in [5.74, 6) is 0.532. The van der Waals surface area contributed by atoms with Crippen molar-refractivity contribution in [3.05, 3.63) is 0 Å². The second kappa shape index (κ2) is 2.11. The third kappa shape index (κ3) is 0.967. The van der Waals surface area contributed by atoms with Gasteiger partial charge in [-0.15, -0.1) is 5.11 Å². The summed E-state index contributed by atoms with van der Waals surface area (Å²) in [7, 11) is 0. The molecule has 0 aliphatic carbocycles. The van der Waals surface area contributed by atoms with E-state index in [1.54, 1.807) is 0 Å². The first-order chi connectivity index (χ1) is 3.80. The smallest absolute Gasteiger partial charge is 0.152 e. The summed E-state index contributed by atoms with van der Waals surface area (Å²) in [4.78, 5) is 4.87. The molecule has 3 nitrogen and oxygen atoms in total. The van der Waals surface area contributed by atoms with Gasteiger partial charge in [0.2, 0.25) is 0 Å². The van der Waals surface area contributed by atoms with Crippen LogP contribution < -0.4 is 0 Å². The Morgan fingerprint density at radius 2 is 2.38 bits per heavy atom. The molecule has 0 amide bonds. The molecule has 0 saturated heterocycles. The van der Waals surface area contributed by atoms with Gasteiger partial charge in [0.25, 0.3) is 0 Å². The standard InChI is InChI=1S/C5H10N2O/c1-4(2)5-3-6-7-8-5/h4-5H,3H2,1-2H3. The van der Waals surface area contributed by atoms with Gasteiger partial charge in [0, 0.05) is 5.28 Å². The quantitative estimate of drug-likeness (QED) is 0.507. The third-order valence-corrected chi connectivity index (χ3v) is 1.25. The van der Waals surface area contributed by atoms with Crippen molar-refractivity contribution in [1.29, 1.82) is 0 Å². The van der Waals surface area contributed by atoms with Gasteiger partial charge in [-0.1, -0.05) is 13.8 Å². The summed E-state index contributed by atoms with van der Waals surface area (Å²) in [6.45, 7) is 4.93. The molecule has 3 heteroatoms. The fourth-order valence-electron chi connectivity index (χ4n) is 0.574. The predicted octanol–water partition coefficient (Wildman–Crippen LogP) is 1.41. The molecule has 0 radical (unpaired) electrons. The molecule has 8 heavy (non-hydrogen) atoms. The average molecular weight is 114 g/mol. The van der Waals surface area contributed by atoms with Gasteiger partial charge in [-0.05, 0) is 5.92 Å². The maximum Gasteiger partial charge on any atom is 0.152 e. The highest BCUT2D eigenvalue weighted by Gasteiger charge is 2.17. The lowest BCUT2D eigenvalue weighted by Crippen LogP contribution is -2.16. The van der Waals surface area contributed by atoms with Gasteiger partial charge in [0.1, 0.15) is 6.54 Å². The van der Waals surface area contributed by atoms with Crippen molar-refractivity contribution < 1.29 is 4.84 Å². The van der Waals surface area contributed by atoms with Crippen molar-refractivity contribution in [2.75, 3.05) is 6.54 Å². The van der Waals surface area contributed by atoms with Crippen LogP contribution in [0.4, 0.5) is 0 Å². The molecule has 0 N–H and O–H groups in total. The topological polar surface area (TPSA) is 34.0 Å². The van der Waals surface area contributed by atoms with E-state index in [0.29, 0.717) is 5.92 Å². The molecule has 1 aliphatic heterocycles. The van der Waals surface area contributed by atoms with Crippen LogP contribution in [-0.4, -0.2) is 12.6 Å². The Hall–Kier alpha value is -0.600. The minimum Gasteiger partial charge on any atom is -0.374 e. The normalized spacial score (nSPS) is 26.6. The monoisotopic (exact) mass is 114 g/mol. The molecule has 1 aliphatic rings. The minimum absolute atomic E-state index is 0.231. The number of rotatable bonds is 1. The van der Waals surface area contributed by atoms with E-state index in [1.165, 1.54) is 0 Å². The van der Waals surface area contributed by atoms with E-state index in [2.05, 4.69) is 24.2 Å². The van der Waals surface area contributed by atoms with Gasteiger partial charge in [-0.25, -0.2) is 0 Å². The summed E-state index contributed by atoms with van der Waals surface area (Å²) >= 11 is 0.